The van der Waals surface area contributed by atoms with Gasteiger partial charge >= 0.3 is 0 Å². The van der Waals surface area contributed by atoms with E-state index in [9.17, 15) is 8.78 Å². The Kier molecular flexibility index (Phi) is 6.07. The number of hydrogen-bond acceptors (Lipinski definition) is 5. The molecule has 0 amide bonds. The van der Waals surface area contributed by atoms with E-state index in [1.54, 1.807) is 12.4 Å². The number of fused-ring (bicyclic) bond motifs is 2. The number of benzene rings is 1. The van der Waals surface area contributed by atoms with Crippen LogP contribution in [-0.2, 0) is 6.42 Å². The summed E-state index contributed by atoms with van der Waals surface area (Å²) in [6.45, 7) is -0.389. The van der Waals surface area contributed by atoms with E-state index >= 15 is 0 Å². The highest BCUT2D eigenvalue weighted by Gasteiger charge is 2.27. The number of rotatable bonds is 8. The van der Waals surface area contributed by atoms with Gasteiger partial charge in [0, 0.05) is 24.7 Å². The summed E-state index contributed by atoms with van der Waals surface area (Å²) in [5.41, 5.74) is 3.08. The van der Waals surface area contributed by atoms with Crippen LogP contribution in [0.25, 0.3) is 21.9 Å². The van der Waals surface area contributed by atoms with Crippen molar-refractivity contribution >= 4 is 33.6 Å². The minimum Gasteiger partial charge on any atom is -0.372 e. The third-order valence-corrected chi connectivity index (χ3v) is 6.69. The van der Waals surface area contributed by atoms with E-state index in [-0.39, 0.29) is 6.54 Å². The zero-order valence-corrected chi connectivity index (χ0v) is 18.6. The SMILES string of the molecule is CNc1ncnc2c1ccn2[C@H]1CC[C@@H](CCc2ccc3ccc(NCC(F)F)nc3c2)C1. The van der Waals surface area contributed by atoms with Gasteiger partial charge < -0.3 is 15.2 Å². The van der Waals surface area contributed by atoms with Crippen LogP contribution >= 0.6 is 0 Å². The Morgan fingerprint density at radius 1 is 1.12 bits per heavy atom. The van der Waals surface area contributed by atoms with Gasteiger partial charge in [0.05, 0.1) is 17.4 Å². The lowest BCUT2D eigenvalue weighted by molar-refractivity contribution is 0.163. The number of hydrogen-bond donors (Lipinski definition) is 2. The molecule has 5 rings (SSSR count). The molecule has 172 valence electrons. The molecule has 2 N–H and O–H groups in total. The first-order valence-corrected chi connectivity index (χ1v) is 11.5. The highest BCUT2D eigenvalue weighted by molar-refractivity contribution is 5.87. The van der Waals surface area contributed by atoms with Crippen LogP contribution in [-0.4, -0.2) is 39.5 Å². The molecule has 2 atom stereocenters. The van der Waals surface area contributed by atoms with Crippen molar-refractivity contribution in [2.75, 3.05) is 24.2 Å². The number of aryl methyl sites for hydroxylation is 1. The minimum atomic E-state index is -2.40. The predicted molar refractivity (Wildman–Crippen MR) is 128 cm³/mol. The number of nitrogens with zero attached hydrogens (tertiary/aromatic N) is 4. The second-order valence-electron chi connectivity index (χ2n) is 8.80. The number of nitrogens with one attached hydrogen (secondary N) is 2. The molecule has 8 heteroatoms. The highest BCUT2D eigenvalue weighted by Crippen LogP contribution is 2.39. The van der Waals surface area contributed by atoms with E-state index in [1.165, 1.54) is 12.0 Å². The largest absolute Gasteiger partial charge is 0.372 e. The number of alkyl halides is 2. The molecule has 0 spiro atoms. The van der Waals surface area contributed by atoms with E-state index in [2.05, 4.69) is 60.6 Å². The van der Waals surface area contributed by atoms with Gasteiger partial charge in [-0.15, -0.1) is 0 Å². The maximum Gasteiger partial charge on any atom is 0.255 e. The van der Waals surface area contributed by atoms with Gasteiger partial charge in [-0.3, -0.25) is 0 Å². The highest BCUT2D eigenvalue weighted by atomic mass is 19.3. The monoisotopic (exact) mass is 450 g/mol. The average Bonchev–Trinajstić information content (AvgIpc) is 3.47. The van der Waals surface area contributed by atoms with Gasteiger partial charge in [-0.05, 0) is 67.9 Å². The number of anilines is 2. The molecule has 0 unspecified atom stereocenters. The van der Waals surface area contributed by atoms with Crippen LogP contribution in [0.1, 0.15) is 37.3 Å². The first-order valence-electron chi connectivity index (χ1n) is 11.5. The molecule has 1 aliphatic carbocycles. The average molecular weight is 451 g/mol. The van der Waals surface area contributed by atoms with Gasteiger partial charge in [-0.1, -0.05) is 12.1 Å². The van der Waals surface area contributed by atoms with Gasteiger partial charge in [0.2, 0.25) is 0 Å². The molecule has 0 radical (unpaired) electrons. The molecule has 0 aliphatic heterocycles. The van der Waals surface area contributed by atoms with Crippen LogP contribution in [0.2, 0.25) is 0 Å². The lowest BCUT2D eigenvalue weighted by Gasteiger charge is -2.15. The van der Waals surface area contributed by atoms with E-state index in [0.29, 0.717) is 17.8 Å². The van der Waals surface area contributed by atoms with Crippen molar-refractivity contribution in [1.29, 1.82) is 0 Å². The van der Waals surface area contributed by atoms with Gasteiger partial charge in [0.15, 0.2) is 0 Å². The van der Waals surface area contributed by atoms with Crippen molar-refractivity contribution in [3.63, 3.8) is 0 Å². The molecular formula is C25H28F2N6. The quantitative estimate of drug-likeness (QED) is 0.362. The van der Waals surface area contributed by atoms with E-state index < -0.39 is 6.43 Å². The summed E-state index contributed by atoms with van der Waals surface area (Å²) in [5, 5.41) is 7.92. The summed E-state index contributed by atoms with van der Waals surface area (Å²) in [4.78, 5) is 13.4. The molecule has 1 fully saturated rings. The molecule has 3 aromatic heterocycles. The van der Waals surface area contributed by atoms with Crippen LogP contribution in [0.5, 0.6) is 0 Å². The maximum atomic E-state index is 12.5. The van der Waals surface area contributed by atoms with Crippen molar-refractivity contribution in [3.8, 4) is 0 Å². The second-order valence-corrected chi connectivity index (χ2v) is 8.80. The molecule has 1 saturated carbocycles. The topological polar surface area (TPSA) is 67.7 Å². The molecule has 4 aromatic rings. The Morgan fingerprint density at radius 3 is 2.85 bits per heavy atom. The molecule has 1 aliphatic rings. The Bertz CT molecular complexity index is 1250. The van der Waals surface area contributed by atoms with Crippen LogP contribution in [0.15, 0.2) is 48.9 Å². The minimum absolute atomic E-state index is 0.389. The van der Waals surface area contributed by atoms with Crippen molar-refractivity contribution in [2.24, 2.45) is 5.92 Å². The van der Waals surface area contributed by atoms with Crippen molar-refractivity contribution < 1.29 is 8.78 Å². The van der Waals surface area contributed by atoms with Crippen LogP contribution in [0, 0.1) is 5.92 Å². The van der Waals surface area contributed by atoms with E-state index in [1.807, 2.05) is 13.1 Å². The van der Waals surface area contributed by atoms with Gasteiger partial charge in [-0.25, -0.2) is 23.7 Å². The molecule has 3 heterocycles. The number of pyridine rings is 1. The van der Waals surface area contributed by atoms with E-state index in [4.69, 9.17) is 0 Å². The lowest BCUT2D eigenvalue weighted by Crippen LogP contribution is -2.11. The molecule has 1 aromatic carbocycles. The van der Waals surface area contributed by atoms with Crippen molar-refractivity contribution in [2.45, 2.75) is 44.6 Å². The Morgan fingerprint density at radius 2 is 2.00 bits per heavy atom. The molecule has 6 nitrogen and oxygen atoms in total. The summed E-state index contributed by atoms with van der Waals surface area (Å²) in [7, 11) is 1.88. The molecule has 33 heavy (non-hydrogen) atoms. The van der Waals surface area contributed by atoms with Crippen LogP contribution in [0.3, 0.4) is 0 Å². The number of aromatic nitrogens is 4. The Labute approximate surface area is 191 Å². The molecule has 0 saturated heterocycles. The summed E-state index contributed by atoms with van der Waals surface area (Å²) in [6.07, 6.45) is 7.00. The summed E-state index contributed by atoms with van der Waals surface area (Å²) in [6, 6.07) is 12.5. The first kappa shape index (κ1) is 21.6. The fourth-order valence-electron chi connectivity index (χ4n) is 5.00. The Balaban J connectivity index is 1.23. The van der Waals surface area contributed by atoms with Gasteiger partial charge in [0.25, 0.3) is 6.43 Å². The molecule has 0 bridgehead atoms. The fraction of sp³-hybridized carbons (Fsp3) is 0.400. The van der Waals surface area contributed by atoms with Crippen LogP contribution in [0.4, 0.5) is 20.4 Å². The third-order valence-electron chi connectivity index (χ3n) is 6.69. The van der Waals surface area contributed by atoms with Crippen LogP contribution < -0.4 is 10.6 Å². The zero-order valence-electron chi connectivity index (χ0n) is 18.6. The zero-order chi connectivity index (χ0) is 22.8. The van der Waals surface area contributed by atoms with Gasteiger partial charge in [0.1, 0.15) is 23.6 Å². The third kappa shape index (κ3) is 4.60. The van der Waals surface area contributed by atoms with Gasteiger partial charge in [-0.2, -0.15) is 0 Å². The standard InChI is InChI=1S/C25H28F2N6/c1-28-24-20-10-11-33(25(20)31-15-30-24)19-8-5-16(12-19)2-3-17-4-6-18-7-9-23(29-14-22(26)27)32-21(18)13-17/h4,6-7,9-11,13,15-16,19,22H,2-3,5,8,12,14H2,1H3,(H,29,32)(H,28,30,31)/t16-,19+/m1/s1. The molecular weight excluding hydrogens is 422 g/mol. The first-order chi connectivity index (χ1) is 16.1. The maximum absolute atomic E-state index is 12.5. The fourth-order valence-corrected chi connectivity index (χ4v) is 5.00. The smallest absolute Gasteiger partial charge is 0.255 e. The van der Waals surface area contributed by atoms with Crippen molar-refractivity contribution in [3.05, 3.63) is 54.5 Å². The summed E-state index contributed by atoms with van der Waals surface area (Å²) < 4.78 is 27.3. The van der Waals surface area contributed by atoms with Crippen molar-refractivity contribution in [1.82, 2.24) is 19.5 Å². The van der Waals surface area contributed by atoms with E-state index in [0.717, 1.165) is 53.4 Å². The predicted octanol–water partition coefficient (Wildman–Crippen LogP) is 5.67. The normalized spacial score (nSPS) is 18.4. The summed E-state index contributed by atoms with van der Waals surface area (Å²) >= 11 is 0. The number of halogens is 2. The lowest BCUT2D eigenvalue weighted by atomic mass is 9.97. The second kappa shape index (κ2) is 9.29. The summed E-state index contributed by atoms with van der Waals surface area (Å²) in [5.74, 6) is 2.02. The Hall–Kier alpha value is -3.29.